The van der Waals surface area contributed by atoms with Crippen LogP contribution in [0.15, 0.2) is 28.1 Å². The fourth-order valence-electron chi connectivity index (χ4n) is 4.14. The molecule has 0 atom stereocenters. The number of aromatic nitrogens is 5. The number of oxazole rings is 1. The van der Waals surface area contributed by atoms with Crippen LogP contribution in [0.25, 0.3) is 21.8 Å². The molecule has 5 rings (SSSR count). The summed E-state index contributed by atoms with van der Waals surface area (Å²) in [4.78, 5) is 11.4. The van der Waals surface area contributed by atoms with Crippen LogP contribution in [0, 0.1) is 13.8 Å². The van der Waals surface area contributed by atoms with Crippen molar-refractivity contribution in [2.45, 2.75) is 38.3 Å². The van der Waals surface area contributed by atoms with Gasteiger partial charge in [-0.15, -0.1) is 33.9 Å². The Morgan fingerprint density at radius 2 is 1.91 bits per heavy atom. The molecule has 0 fully saturated rings. The van der Waals surface area contributed by atoms with Gasteiger partial charge in [0, 0.05) is 25.9 Å². The molecule has 0 unspecified atom stereocenters. The molecule has 7 nitrogen and oxygen atoms in total. The van der Waals surface area contributed by atoms with E-state index in [0.29, 0.717) is 5.76 Å². The molecule has 4 heterocycles. The van der Waals surface area contributed by atoms with Crippen LogP contribution in [0.3, 0.4) is 0 Å². The molecule has 0 radical (unpaired) electrons. The van der Waals surface area contributed by atoms with Gasteiger partial charge in [-0.1, -0.05) is 11.8 Å². The molecule has 170 valence electrons. The van der Waals surface area contributed by atoms with Crippen LogP contribution in [0.5, 0.6) is 0 Å². The second kappa shape index (κ2) is 9.91. The molecule has 0 amide bonds. The van der Waals surface area contributed by atoms with Gasteiger partial charge in [-0.05, 0) is 62.9 Å². The summed E-state index contributed by atoms with van der Waals surface area (Å²) in [6.07, 6.45) is 4.81. The summed E-state index contributed by atoms with van der Waals surface area (Å²) in [5, 5.41) is 10.7. The van der Waals surface area contributed by atoms with E-state index in [9.17, 15) is 0 Å². The average molecular weight is 491 g/mol. The Morgan fingerprint density at radius 1 is 1.12 bits per heavy atom. The number of thioether (sulfide) groups is 1. The number of thiazole rings is 1. The largest absolute Gasteiger partial charge is 0.440 e. The molecule has 10 heteroatoms. The zero-order valence-electron chi connectivity index (χ0n) is 18.5. The molecule has 0 aliphatic carbocycles. The summed E-state index contributed by atoms with van der Waals surface area (Å²) >= 11 is 3.55. The van der Waals surface area contributed by atoms with E-state index < -0.39 is 0 Å². The average Bonchev–Trinajstić information content (AvgIpc) is 3.39. The van der Waals surface area contributed by atoms with Crippen molar-refractivity contribution in [3.63, 3.8) is 0 Å². The maximum atomic E-state index is 5.46. The van der Waals surface area contributed by atoms with Crippen molar-refractivity contribution < 1.29 is 4.42 Å². The van der Waals surface area contributed by atoms with Gasteiger partial charge in [0.2, 0.25) is 5.82 Å². The number of hydrogen-bond acceptors (Lipinski definition) is 8. The molecule has 0 saturated heterocycles. The number of aryl methyl sites for hydroxylation is 2. The van der Waals surface area contributed by atoms with Crippen molar-refractivity contribution in [1.82, 2.24) is 29.6 Å². The van der Waals surface area contributed by atoms with E-state index in [4.69, 9.17) is 4.42 Å². The van der Waals surface area contributed by atoms with E-state index in [-0.39, 0.29) is 12.4 Å². The Kier molecular flexibility index (Phi) is 7.19. The van der Waals surface area contributed by atoms with Gasteiger partial charge in [0.1, 0.15) is 0 Å². The van der Waals surface area contributed by atoms with Crippen molar-refractivity contribution in [3.05, 3.63) is 40.4 Å². The summed E-state index contributed by atoms with van der Waals surface area (Å²) in [6.45, 7) is 7.36. The van der Waals surface area contributed by atoms with Crippen molar-refractivity contribution in [1.29, 1.82) is 0 Å². The highest BCUT2D eigenvalue weighted by Gasteiger charge is 2.18. The van der Waals surface area contributed by atoms with E-state index in [1.165, 1.54) is 22.2 Å². The summed E-state index contributed by atoms with van der Waals surface area (Å²) in [7, 11) is 1.98. The van der Waals surface area contributed by atoms with Gasteiger partial charge in [-0.2, -0.15) is 0 Å². The van der Waals surface area contributed by atoms with Crippen LogP contribution in [0.1, 0.15) is 28.2 Å². The van der Waals surface area contributed by atoms with Gasteiger partial charge < -0.3 is 13.9 Å². The summed E-state index contributed by atoms with van der Waals surface area (Å²) in [5.41, 5.74) is 4.97. The molecule has 1 aliphatic rings. The fourth-order valence-corrected chi connectivity index (χ4v) is 5.85. The molecule has 1 aromatic carbocycles. The first kappa shape index (κ1) is 23.2. The first-order valence-electron chi connectivity index (χ1n) is 10.6. The quantitative estimate of drug-likeness (QED) is 0.286. The number of rotatable bonds is 6. The number of fused-ring (bicyclic) bond motifs is 2. The van der Waals surface area contributed by atoms with Crippen LogP contribution >= 0.6 is 35.5 Å². The highest BCUT2D eigenvalue weighted by Crippen LogP contribution is 2.28. The summed E-state index contributed by atoms with van der Waals surface area (Å²) in [5.74, 6) is 2.44. The van der Waals surface area contributed by atoms with Crippen molar-refractivity contribution in [2.24, 2.45) is 7.05 Å². The lowest BCUT2D eigenvalue weighted by atomic mass is 10.0. The standard InChI is InChI=1S/C22H26N6OS2.ClH/c1-14-20(29-13-23-14)21-25-26-22(27(21)3)30-10-4-7-28-8-5-16-11-18-19(31-15(2)24-18)12-17(16)6-9-28;/h11-13H,4-10H2,1-3H3;1H. The van der Waals surface area contributed by atoms with Gasteiger partial charge in [0.25, 0.3) is 0 Å². The third-order valence-electron chi connectivity index (χ3n) is 5.84. The topological polar surface area (TPSA) is 72.9 Å². The molecular weight excluding hydrogens is 464 g/mol. The first-order valence-corrected chi connectivity index (χ1v) is 12.4. The Balaban J connectivity index is 0.00000245. The lowest BCUT2D eigenvalue weighted by Gasteiger charge is -2.19. The third kappa shape index (κ3) is 4.71. The molecule has 0 spiro atoms. The van der Waals surface area contributed by atoms with Gasteiger partial charge in [-0.25, -0.2) is 9.97 Å². The Bertz CT molecular complexity index is 1170. The van der Waals surface area contributed by atoms with Gasteiger partial charge in [-0.3, -0.25) is 0 Å². The molecule has 1 aliphatic heterocycles. The number of nitrogens with zero attached hydrogens (tertiary/aromatic N) is 6. The Hall–Kier alpha value is -1.94. The van der Waals surface area contributed by atoms with E-state index >= 15 is 0 Å². The predicted octanol–water partition coefficient (Wildman–Crippen LogP) is 4.70. The van der Waals surface area contributed by atoms with Crippen LogP contribution in [0.4, 0.5) is 0 Å². The molecule has 4 aromatic rings. The minimum absolute atomic E-state index is 0. The van der Waals surface area contributed by atoms with Gasteiger partial charge >= 0.3 is 0 Å². The van der Waals surface area contributed by atoms with Gasteiger partial charge in [0.05, 0.1) is 20.9 Å². The monoisotopic (exact) mass is 490 g/mol. The molecule has 32 heavy (non-hydrogen) atoms. The normalized spacial score (nSPS) is 14.3. The minimum Gasteiger partial charge on any atom is -0.440 e. The van der Waals surface area contributed by atoms with Crippen LogP contribution in [-0.2, 0) is 19.9 Å². The van der Waals surface area contributed by atoms with Crippen LogP contribution < -0.4 is 0 Å². The predicted molar refractivity (Wildman–Crippen MR) is 132 cm³/mol. The number of halogens is 1. The first-order chi connectivity index (χ1) is 15.1. The lowest BCUT2D eigenvalue weighted by molar-refractivity contribution is 0.289. The van der Waals surface area contributed by atoms with Gasteiger partial charge in [0.15, 0.2) is 17.3 Å². The van der Waals surface area contributed by atoms with E-state index in [2.05, 4.69) is 44.1 Å². The van der Waals surface area contributed by atoms with Crippen LogP contribution in [0.2, 0.25) is 0 Å². The third-order valence-corrected chi connectivity index (χ3v) is 7.88. The molecule has 0 N–H and O–H groups in total. The number of hydrogen-bond donors (Lipinski definition) is 0. The lowest BCUT2D eigenvalue weighted by Crippen LogP contribution is -2.27. The van der Waals surface area contributed by atoms with Crippen molar-refractivity contribution in [2.75, 3.05) is 25.4 Å². The second-order valence-corrected chi connectivity index (χ2v) is 10.3. The highest BCUT2D eigenvalue weighted by molar-refractivity contribution is 7.99. The van der Waals surface area contributed by atoms with E-state index in [1.807, 2.05) is 18.5 Å². The smallest absolute Gasteiger partial charge is 0.202 e. The highest BCUT2D eigenvalue weighted by atomic mass is 35.5. The summed E-state index contributed by atoms with van der Waals surface area (Å²) in [6, 6.07) is 4.69. The molecule has 3 aromatic heterocycles. The molecule has 0 saturated carbocycles. The maximum Gasteiger partial charge on any atom is 0.202 e. The fraction of sp³-hybridized carbons (Fsp3) is 0.455. The Morgan fingerprint density at radius 3 is 2.66 bits per heavy atom. The number of benzene rings is 1. The second-order valence-electron chi connectivity index (χ2n) is 8.00. The van der Waals surface area contributed by atoms with Crippen molar-refractivity contribution >= 4 is 45.7 Å². The zero-order chi connectivity index (χ0) is 21.4. The Labute approximate surface area is 202 Å². The zero-order valence-corrected chi connectivity index (χ0v) is 20.9. The van der Waals surface area contributed by atoms with E-state index in [0.717, 1.165) is 71.8 Å². The molecule has 0 bridgehead atoms. The minimum atomic E-state index is 0. The SMILES string of the molecule is Cc1nc2cc3c(cc2s1)CCN(CCCSc1nnc(-c2ocnc2C)n1C)CC3.Cl. The maximum absolute atomic E-state index is 5.46. The van der Waals surface area contributed by atoms with Crippen LogP contribution in [-0.4, -0.2) is 55.0 Å². The van der Waals surface area contributed by atoms with Crippen molar-refractivity contribution in [3.8, 4) is 11.6 Å². The summed E-state index contributed by atoms with van der Waals surface area (Å²) < 4.78 is 8.77. The van der Waals surface area contributed by atoms with E-state index in [1.54, 1.807) is 23.1 Å². The molecular formula is C22H27ClN6OS2.